The Morgan fingerprint density at radius 3 is 2.61 bits per heavy atom. The first-order chi connectivity index (χ1) is 10.7. The lowest BCUT2D eigenvalue weighted by Crippen LogP contribution is -2.36. The number of nitrogens with zero attached hydrogens (tertiary/aromatic N) is 1. The number of methoxy groups -OCH3 is 1. The predicted molar refractivity (Wildman–Crippen MR) is 98.2 cm³/mol. The van der Waals surface area contributed by atoms with E-state index in [1.54, 1.807) is 12.0 Å². The number of halogens is 2. The Hall–Kier alpha value is -0.950. The van der Waals surface area contributed by atoms with Crippen LogP contribution in [0.3, 0.4) is 0 Å². The Balaban J connectivity index is 2.00. The van der Waals surface area contributed by atoms with Crippen LogP contribution in [0.4, 0.5) is 10.5 Å². The summed E-state index contributed by atoms with van der Waals surface area (Å²) in [5.74, 6) is 0.762. The van der Waals surface area contributed by atoms with Crippen molar-refractivity contribution in [3.8, 4) is 5.75 Å². The molecule has 0 aromatic heterocycles. The van der Waals surface area contributed by atoms with E-state index >= 15 is 0 Å². The minimum absolute atomic E-state index is 0.185. The van der Waals surface area contributed by atoms with Crippen LogP contribution in [0.5, 0.6) is 5.75 Å². The summed E-state index contributed by atoms with van der Waals surface area (Å²) in [6.07, 6.45) is 0.624. The maximum Gasteiger partial charge on any atom is 0.410 e. The summed E-state index contributed by atoms with van der Waals surface area (Å²) in [5, 5.41) is 3.46. The summed E-state index contributed by atoms with van der Waals surface area (Å²) >= 11 is 7.01. The number of carbonyl (C=O) groups is 1. The van der Waals surface area contributed by atoms with Gasteiger partial charge in [-0.1, -0.05) is 0 Å². The Morgan fingerprint density at radius 1 is 1.30 bits per heavy atom. The molecule has 5 nitrogen and oxygen atoms in total. The van der Waals surface area contributed by atoms with E-state index in [0.717, 1.165) is 26.8 Å². The number of hydrogen-bond acceptors (Lipinski definition) is 4. The first-order valence-electron chi connectivity index (χ1n) is 7.47. The third kappa shape index (κ3) is 5.01. The maximum atomic E-state index is 12.1. The molecule has 128 valence electrons. The Morgan fingerprint density at radius 2 is 2.00 bits per heavy atom. The van der Waals surface area contributed by atoms with Crippen LogP contribution >= 0.6 is 31.9 Å². The second-order valence-corrected chi connectivity index (χ2v) is 8.23. The smallest absolute Gasteiger partial charge is 0.410 e. The molecule has 1 aromatic carbocycles. The topological polar surface area (TPSA) is 50.8 Å². The van der Waals surface area contributed by atoms with E-state index in [1.807, 2.05) is 32.9 Å². The molecular formula is C16H22Br2N2O3. The van der Waals surface area contributed by atoms with Crippen LogP contribution in [-0.2, 0) is 4.74 Å². The number of carbonyl (C=O) groups excluding carboxylic acids is 1. The lowest BCUT2D eigenvalue weighted by atomic mass is 10.2. The van der Waals surface area contributed by atoms with Gasteiger partial charge in [-0.15, -0.1) is 0 Å². The maximum absolute atomic E-state index is 12.1. The Bertz CT molecular complexity index is 587. The van der Waals surface area contributed by atoms with Gasteiger partial charge in [-0.25, -0.2) is 4.79 Å². The lowest BCUT2D eigenvalue weighted by Gasteiger charge is -2.24. The van der Waals surface area contributed by atoms with Gasteiger partial charge in [0.25, 0.3) is 0 Å². The van der Waals surface area contributed by atoms with E-state index in [-0.39, 0.29) is 12.1 Å². The standard InChI is InChI=1S/C16H22Br2N2O3/c1-16(2,3)23-15(21)20-6-5-10(9-20)19-13-8-14(22-4)12(18)7-11(13)17/h7-8,10,19H,5-6,9H2,1-4H3. The molecule has 1 saturated heterocycles. The van der Waals surface area contributed by atoms with Gasteiger partial charge in [0.1, 0.15) is 11.4 Å². The molecule has 2 rings (SSSR count). The van der Waals surface area contributed by atoms with Crippen LogP contribution in [0.1, 0.15) is 27.2 Å². The first-order valence-corrected chi connectivity index (χ1v) is 9.05. The summed E-state index contributed by atoms with van der Waals surface area (Å²) in [6.45, 7) is 6.95. The van der Waals surface area contributed by atoms with E-state index in [1.165, 1.54) is 0 Å². The molecule has 1 heterocycles. The molecule has 0 aliphatic carbocycles. The monoisotopic (exact) mass is 448 g/mol. The van der Waals surface area contributed by atoms with Crippen LogP contribution < -0.4 is 10.1 Å². The SMILES string of the molecule is COc1cc(NC2CCN(C(=O)OC(C)(C)C)C2)c(Br)cc1Br. The normalized spacial score (nSPS) is 18.0. The zero-order valence-corrected chi connectivity index (χ0v) is 17.0. The molecule has 0 spiro atoms. The fourth-order valence-electron chi connectivity index (χ4n) is 2.39. The van der Waals surface area contributed by atoms with Crippen LogP contribution in [0.15, 0.2) is 21.1 Å². The van der Waals surface area contributed by atoms with Crippen molar-refractivity contribution in [3.05, 3.63) is 21.1 Å². The molecule has 1 aromatic rings. The summed E-state index contributed by atoms with van der Waals surface area (Å²) in [5.41, 5.74) is 0.478. The molecule has 0 bridgehead atoms. The molecule has 0 radical (unpaired) electrons. The van der Waals surface area contributed by atoms with E-state index in [2.05, 4.69) is 37.2 Å². The number of benzene rings is 1. The first kappa shape index (κ1) is 18.4. The van der Waals surface area contributed by atoms with Gasteiger partial charge in [-0.05, 0) is 65.1 Å². The highest BCUT2D eigenvalue weighted by Crippen LogP contribution is 2.35. The third-order valence-corrected chi connectivity index (χ3v) is 4.72. The van der Waals surface area contributed by atoms with E-state index in [9.17, 15) is 4.79 Å². The van der Waals surface area contributed by atoms with Crippen molar-refractivity contribution in [1.82, 2.24) is 4.90 Å². The quantitative estimate of drug-likeness (QED) is 0.730. The van der Waals surface area contributed by atoms with E-state index in [4.69, 9.17) is 9.47 Å². The molecular weight excluding hydrogens is 428 g/mol. The zero-order valence-electron chi connectivity index (χ0n) is 13.8. The fraction of sp³-hybridized carbons (Fsp3) is 0.562. The van der Waals surface area contributed by atoms with Crippen LogP contribution in [0.25, 0.3) is 0 Å². The fourth-order valence-corrected chi connectivity index (χ4v) is 3.66. The second-order valence-electron chi connectivity index (χ2n) is 6.52. The van der Waals surface area contributed by atoms with Crippen molar-refractivity contribution < 1.29 is 14.3 Å². The molecule has 1 aliphatic heterocycles. The van der Waals surface area contributed by atoms with E-state index in [0.29, 0.717) is 13.1 Å². The number of nitrogens with one attached hydrogen (secondary N) is 1. The molecule has 1 atom stereocenters. The van der Waals surface area contributed by atoms with Crippen LogP contribution in [0.2, 0.25) is 0 Å². The number of rotatable bonds is 3. The molecule has 7 heteroatoms. The molecule has 1 N–H and O–H groups in total. The Labute approximate surface area is 154 Å². The number of anilines is 1. The number of amides is 1. The number of hydrogen-bond donors (Lipinski definition) is 1. The van der Waals surface area contributed by atoms with Gasteiger partial charge in [0.15, 0.2) is 0 Å². The minimum Gasteiger partial charge on any atom is -0.495 e. The number of likely N-dealkylation sites (tertiary alicyclic amines) is 1. The van der Waals surface area contributed by atoms with Crippen LogP contribution in [-0.4, -0.2) is 42.8 Å². The van der Waals surface area contributed by atoms with E-state index < -0.39 is 5.60 Å². The second kappa shape index (κ2) is 7.30. The molecule has 1 unspecified atom stereocenters. The van der Waals surface area contributed by atoms with Gasteiger partial charge >= 0.3 is 6.09 Å². The summed E-state index contributed by atoms with van der Waals surface area (Å²) in [6, 6.07) is 4.07. The summed E-state index contributed by atoms with van der Waals surface area (Å²) in [4.78, 5) is 13.9. The highest BCUT2D eigenvalue weighted by molar-refractivity contribution is 9.11. The molecule has 1 amide bonds. The highest BCUT2D eigenvalue weighted by Gasteiger charge is 2.30. The Kier molecular flexibility index (Phi) is 5.84. The lowest BCUT2D eigenvalue weighted by molar-refractivity contribution is 0.0293. The van der Waals surface area contributed by atoms with Gasteiger partial charge in [0.2, 0.25) is 0 Å². The predicted octanol–water partition coefficient (Wildman–Crippen LogP) is 4.64. The average molecular weight is 450 g/mol. The average Bonchev–Trinajstić information content (AvgIpc) is 2.88. The zero-order chi connectivity index (χ0) is 17.2. The van der Waals surface area contributed by atoms with Crippen LogP contribution in [0, 0.1) is 0 Å². The van der Waals surface area contributed by atoms with Crippen molar-refractivity contribution in [2.45, 2.75) is 38.8 Å². The van der Waals surface area contributed by atoms with Gasteiger partial charge in [0.05, 0.1) is 17.3 Å². The number of ether oxygens (including phenoxy) is 2. The summed E-state index contributed by atoms with van der Waals surface area (Å²) < 4.78 is 12.6. The minimum atomic E-state index is -0.468. The molecule has 1 aliphatic rings. The van der Waals surface area contributed by atoms with Crippen molar-refractivity contribution in [2.24, 2.45) is 0 Å². The summed E-state index contributed by atoms with van der Waals surface area (Å²) in [7, 11) is 1.64. The molecule has 0 saturated carbocycles. The highest BCUT2D eigenvalue weighted by atomic mass is 79.9. The van der Waals surface area contributed by atoms with Gasteiger partial charge in [-0.2, -0.15) is 0 Å². The molecule has 23 heavy (non-hydrogen) atoms. The van der Waals surface area contributed by atoms with Crippen molar-refractivity contribution in [2.75, 3.05) is 25.5 Å². The van der Waals surface area contributed by atoms with Crippen molar-refractivity contribution >= 4 is 43.6 Å². The van der Waals surface area contributed by atoms with Crippen molar-refractivity contribution in [1.29, 1.82) is 0 Å². The van der Waals surface area contributed by atoms with Gasteiger partial charge in [-0.3, -0.25) is 0 Å². The van der Waals surface area contributed by atoms with Gasteiger partial charge in [0, 0.05) is 29.7 Å². The molecule has 1 fully saturated rings. The van der Waals surface area contributed by atoms with Crippen molar-refractivity contribution in [3.63, 3.8) is 0 Å². The van der Waals surface area contributed by atoms with Gasteiger partial charge < -0.3 is 19.7 Å². The largest absolute Gasteiger partial charge is 0.495 e. The third-order valence-electron chi connectivity index (χ3n) is 3.44.